The molecule has 0 spiro atoms. The molecule has 0 unspecified atom stereocenters. The quantitative estimate of drug-likeness (QED) is 0.805. The van der Waals surface area contributed by atoms with E-state index in [1.165, 1.54) is 10.8 Å². The van der Waals surface area contributed by atoms with Crippen LogP contribution in [0.1, 0.15) is 16.1 Å². The third kappa shape index (κ3) is 2.58. The predicted molar refractivity (Wildman–Crippen MR) is 85.8 cm³/mol. The van der Waals surface area contributed by atoms with Crippen molar-refractivity contribution in [1.82, 2.24) is 9.55 Å². The van der Waals surface area contributed by atoms with Gasteiger partial charge in [-0.15, -0.1) is 0 Å². The number of aromatic carboxylic acids is 1. The van der Waals surface area contributed by atoms with Crippen molar-refractivity contribution in [2.24, 2.45) is 7.05 Å². The second kappa shape index (κ2) is 5.78. The van der Waals surface area contributed by atoms with Gasteiger partial charge in [-0.3, -0.25) is 4.98 Å². The first-order valence-electron chi connectivity index (χ1n) is 6.96. The summed E-state index contributed by atoms with van der Waals surface area (Å²) in [7, 11) is 1.62. The molecule has 0 atom stereocenters. The molecule has 0 radical (unpaired) electrons. The SMILES string of the molecule is Cn1cc(C#N)c(-c2ccc(-c3ccccn3)cc2)c1C(=O)O. The fourth-order valence-electron chi connectivity index (χ4n) is 2.60. The van der Waals surface area contributed by atoms with Crippen LogP contribution in [0, 0.1) is 11.3 Å². The first kappa shape index (κ1) is 14.5. The number of hydrogen-bond donors (Lipinski definition) is 1. The number of aromatic nitrogens is 2. The van der Waals surface area contributed by atoms with E-state index in [1.54, 1.807) is 13.2 Å². The van der Waals surface area contributed by atoms with Crippen molar-refractivity contribution in [3.8, 4) is 28.5 Å². The van der Waals surface area contributed by atoms with Crippen molar-refractivity contribution in [2.45, 2.75) is 0 Å². The van der Waals surface area contributed by atoms with E-state index in [2.05, 4.69) is 11.1 Å². The highest BCUT2D eigenvalue weighted by atomic mass is 16.4. The predicted octanol–water partition coefficient (Wildman–Crippen LogP) is 3.32. The third-order valence-corrected chi connectivity index (χ3v) is 3.64. The summed E-state index contributed by atoms with van der Waals surface area (Å²) in [5.41, 5.74) is 3.35. The van der Waals surface area contributed by atoms with E-state index < -0.39 is 5.97 Å². The summed E-state index contributed by atoms with van der Waals surface area (Å²) in [4.78, 5) is 15.8. The fraction of sp³-hybridized carbons (Fsp3) is 0.0556. The van der Waals surface area contributed by atoms with Gasteiger partial charge in [0.15, 0.2) is 0 Å². The Hall–Kier alpha value is -3.39. The molecular formula is C18H13N3O2. The van der Waals surface area contributed by atoms with E-state index in [0.29, 0.717) is 16.7 Å². The van der Waals surface area contributed by atoms with Crippen molar-refractivity contribution in [3.63, 3.8) is 0 Å². The van der Waals surface area contributed by atoms with E-state index in [-0.39, 0.29) is 5.69 Å². The molecule has 0 saturated carbocycles. The second-order valence-corrected chi connectivity index (χ2v) is 5.09. The van der Waals surface area contributed by atoms with Crippen LogP contribution in [0.4, 0.5) is 0 Å². The number of hydrogen-bond acceptors (Lipinski definition) is 3. The molecule has 0 saturated heterocycles. The Bertz CT molecular complexity index is 904. The molecule has 2 aromatic heterocycles. The van der Waals surface area contributed by atoms with E-state index in [4.69, 9.17) is 0 Å². The van der Waals surface area contributed by atoms with E-state index in [9.17, 15) is 15.2 Å². The monoisotopic (exact) mass is 303 g/mol. The maximum Gasteiger partial charge on any atom is 0.353 e. The van der Waals surface area contributed by atoms with Gasteiger partial charge in [0.05, 0.1) is 11.3 Å². The molecule has 3 rings (SSSR count). The average molecular weight is 303 g/mol. The Morgan fingerprint density at radius 2 is 1.87 bits per heavy atom. The second-order valence-electron chi connectivity index (χ2n) is 5.09. The third-order valence-electron chi connectivity index (χ3n) is 3.64. The maximum absolute atomic E-state index is 11.5. The van der Waals surface area contributed by atoms with Gasteiger partial charge in [0.25, 0.3) is 0 Å². The fourth-order valence-corrected chi connectivity index (χ4v) is 2.60. The van der Waals surface area contributed by atoms with Gasteiger partial charge < -0.3 is 9.67 Å². The van der Waals surface area contributed by atoms with Crippen LogP contribution in [0.25, 0.3) is 22.4 Å². The van der Waals surface area contributed by atoms with Gasteiger partial charge in [-0.2, -0.15) is 5.26 Å². The zero-order valence-corrected chi connectivity index (χ0v) is 12.4. The number of carbonyl (C=O) groups is 1. The van der Waals surface area contributed by atoms with Crippen LogP contribution in [0.2, 0.25) is 0 Å². The lowest BCUT2D eigenvalue weighted by molar-refractivity contribution is 0.0687. The topological polar surface area (TPSA) is 78.9 Å². The molecule has 1 aromatic carbocycles. The Morgan fingerprint density at radius 1 is 1.17 bits per heavy atom. The number of rotatable bonds is 3. The lowest BCUT2D eigenvalue weighted by Gasteiger charge is -2.06. The summed E-state index contributed by atoms with van der Waals surface area (Å²) in [5, 5.41) is 18.7. The molecular weight excluding hydrogens is 290 g/mol. The number of carboxylic acids is 1. The van der Waals surface area contributed by atoms with Crippen LogP contribution in [0.3, 0.4) is 0 Å². The van der Waals surface area contributed by atoms with Gasteiger partial charge in [-0.05, 0) is 17.7 Å². The molecule has 5 nitrogen and oxygen atoms in total. The van der Waals surface area contributed by atoms with Crippen LogP contribution in [0.15, 0.2) is 54.9 Å². The van der Waals surface area contributed by atoms with E-state index >= 15 is 0 Å². The van der Waals surface area contributed by atoms with Crippen LogP contribution in [-0.4, -0.2) is 20.6 Å². The minimum absolute atomic E-state index is 0.104. The molecule has 23 heavy (non-hydrogen) atoms. The lowest BCUT2D eigenvalue weighted by atomic mass is 9.99. The molecule has 0 aliphatic rings. The minimum Gasteiger partial charge on any atom is -0.477 e. The Labute approximate surface area is 133 Å². The van der Waals surface area contributed by atoms with E-state index in [0.717, 1.165) is 11.3 Å². The number of aryl methyl sites for hydroxylation is 1. The lowest BCUT2D eigenvalue weighted by Crippen LogP contribution is -2.05. The summed E-state index contributed by atoms with van der Waals surface area (Å²) in [6, 6.07) is 15.1. The molecule has 0 aliphatic carbocycles. The smallest absolute Gasteiger partial charge is 0.353 e. The zero-order chi connectivity index (χ0) is 16.4. The minimum atomic E-state index is -1.06. The van der Waals surface area contributed by atoms with Crippen molar-refractivity contribution < 1.29 is 9.90 Å². The Morgan fingerprint density at radius 3 is 2.43 bits per heavy atom. The van der Waals surface area contributed by atoms with Gasteiger partial charge in [-0.25, -0.2) is 4.79 Å². The van der Waals surface area contributed by atoms with Crippen molar-refractivity contribution >= 4 is 5.97 Å². The largest absolute Gasteiger partial charge is 0.477 e. The molecule has 2 heterocycles. The number of carboxylic acid groups (broad SMARTS) is 1. The number of nitriles is 1. The first-order chi connectivity index (χ1) is 11.1. The maximum atomic E-state index is 11.5. The van der Waals surface area contributed by atoms with Gasteiger partial charge in [0.2, 0.25) is 0 Å². The van der Waals surface area contributed by atoms with Crippen molar-refractivity contribution in [1.29, 1.82) is 5.26 Å². The van der Waals surface area contributed by atoms with Crippen molar-refractivity contribution in [2.75, 3.05) is 0 Å². The first-order valence-corrected chi connectivity index (χ1v) is 6.96. The highest BCUT2D eigenvalue weighted by Gasteiger charge is 2.21. The van der Waals surface area contributed by atoms with Crippen LogP contribution in [0.5, 0.6) is 0 Å². The molecule has 0 bridgehead atoms. The molecule has 0 amide bonds. The van der Waals surface area contributed by atoms with Crippen LogP contribution in [-0.2, 0) is 7.05 Å². The molecule has 0 aliphatic heterocycles. The summed E-state index contributed by atoms with van der Waals surface area (Å²) < 4.78 is 1.46. The Balaban J connectivity index is 2.10. The van der Waals surface area contributed by atoms with Crippen LogP contribution < -0.4 is 0 Å². The summed E-state index contributed by atoms with van der Waals surface area (Å²) in [6.07, 6.45) is 3.25. The standard InChI is InChI=1S/C18H13N3O2/c1-21-11-14(10-19)16(17(21)18(22)23)13-7-5-12(6-8-13)15-4-2-3-9-20-15/h2-9,11H,1H3,(H,22,23). The summed E-state index contributed by atoms with van der Waals surface area (Å²) >= 11 is 0. The highest BCUT2D eigenvalue weighted by Crippen LogP contribution is 2.30. The van der Waals surface area contributed by atoms with Crippen LogP contribution >= 0.6 is 0 Å². The molecule has 112 valence electrons. The van der Waals surface area contributed by atoms with Crippen molar-refractivity contribution in [3.05, 3.63) is 66.1 Å². The van der Waals surface area contributed by atoms with Gasteiger partial charge in [0, 0.05) is 30.6 Å². The number of pyridine rings is 1. The molecule has 3 aromatic rings. The molecule has 5 heteroatoms. The normalized spacial score (nSPS) is 10.3. The molecule has 0 fully saturated rings. The average Bonchev–Trinajstić information content (AvgIpc) is 2.92. The summed E-state index contributed by atoms with van der Waals surface area (Å²) in [5.74, 6) is -1.06. The van der Waals surface area contributed by atoms with Gasteiger partial charge in [-0.1, -0.05) is 30.3 Å². The number of nitrogens with zero attached hydrogens (tertiary/aromatic N) is 3. The van der Waals surface area contributed by atoms with Gasteiger partial charge in [0.1, 0.15) is 11.8 Å². The Kier molecular flexibility index (Phi) is 3.65. The summed E-state index contributed by atoms with van der Waals surface area (Å²) in [6.45, 7) is 0. The highest BCUT2D eigenvalue weighted by molar-refractivity contribution is 5.96. The number of benzene rings is 1. The van der Waals surface area contributed by atoms with E-state index in [1.807, 2.05) is 42.5 Å². The molecule has 1 N–H and O–H groups in total. The van der Waals surface area contributed by atoms with Gasteiger partial charge >= 0.3 is 5.97 Å². The zero-order valence-electron chi connectivity index (χ0n) is 12.4.